The van der Waals surface area contributed by atoms with Gasteiger partial charge in [0, 0.05) is 11.6 Å². The van der Waals surface area contributed by atoms with Crippen molar-refractivity contribution in [3.05, 3.63) is 59.1 Å². The lowest BCUT2D eigenvalue weighted by Crippen LogP contribution is -2.15. The number of hydrogen-bond donors (Lipinski definition) is 1. The van der Waals surface area contributed by atoms with Crippen molar-refractivity contribution in [3.8, 4) is 11.1 Å². The molecule has 0 bridgehead atoms. The number of hydrogen-bond acceptors (Lipinski definition) is 2. The summed E-state index contributed by atoms with van der Waals surface area (Å²) >= 11 is 5.89. The zero-order valence-corrected chi connectivity index (χ0v) is 12.6. The van der Waals surface area contributed by atoms with Crippen LogP contribution in [0, 0.1) is 0 Å². The Balaban J connectivity index is 2.07. The predicted octanol–water partition coefficient (Wildman–Crippen LogP) is 3.99. The van der Waals surface area contributed by atoms with Crippen LogP contribution in [0.15, 0.2) is 48.5 Å². The molecule has 0 aliphatic rings. The summed E-state index contributed by atoms with van der Waals surface area (Å²) in [4.78, 5) is 2.07. The second kappa shape index (κ2) is 6.89. The summed E-state index contributed by atoms with van der Waals surface area (Å²) in [7, 11) is 4.02. The number of aliphatic hydroxyl groups excluding tert-OH is 1. The van der Waals surface area contributed by atoms with E-state index >= 15 is 0 Å². The lowest BCUT2D eigenvalue weighted by molar-refractivity contribution is 0.154. The Morgan fingerprint density at radius 2 is 1.45 bits per heavy atom. The summed E-state index contributed by atoms with van der Waals surface area (Å²) in [6, 6.07) is 15.8. The van der Waals surface area contributed by atoms with Crippen LogP contribution in [0.4, 0.5) is 0 Å². The second-order valence-corrected chi connectivity index (χ2v) is 5.67. The number of aliphatic hydroxyl groups is 1. The first kappa shape index (κ1) is 15.0. The number of rotatable bonds is 5. The third-order valence-electron chi connectivity index (χ3n) is 3.32. The summed E-state index contributed by atoms with van der Waals surface area (Å²) < 4.78 is 0. The van der Waals surface area contributed by atoms with Gasteiger partial charge in [0.25, 0.3) is 0 Å². The van der Waals surface area contributed by atoms with Crippen LogP contribution in [0.5, 0.6) is 0 Å². The standard InChI is InChI=1S/C17H20ClNO/c1-19(2)12-11-17(20)15-5-3-13(4-6-15)14-7-9-16(18)10-8-14/h3-10,17,20H,11-12H2,1-2H3. The molecule has 106 valence electrons. The van der Waals surface area contributed by atoms with Crippen LogP contribution in [-0.2, 0) is 0 Å². The van der Waals surface area contributed by atoms with Gasteiger partial charge in [0.15, 0.2) is 0 Å². The lowest BCUT2D eigenvalue weighted by atomic mass is 10.0. The van der Waals surface area contributed by atoms with Crippen LogP contribution < -0.4 is 0 Å². The molecule has 2 nitrogen and oxygen atoms in total. The van der Waals surface area contributed by atoms with Gasteiger partial charge < -0.3 is 10.0 Å². The Morgan fingerprint density at radius 3 is 1.95 bits per heavy atom. The maximum absolute atomic E-state index is 10.1. The van der Waals surface area contributed by atoms with E-state index in [1.54, 1.807) is 0 Å². The van der Waals surface area contributed by atoms with Crippen molar-refractivity contribution >= 4 is 11.6 Å². The minimum atomic E-state index is -0.406. The highest BCUT2D eigenvalue weighted by Crippen LogP contribution is 2.24. The van der Waals surface area contributed by atoms with Crippen molar-refractivity contribution in [2.24, 2.45) is 0 Å². The molecule has 0 spiro atoms. The van der Waals surface area contributed by atoms with Gasteiger partial charge in [-0.2, -0.15) is 0 Å². The molecular weight excluding hydrogens is 270 g/mol. The van der Waals surface area contributed by atoms with Crippen molar-refractivity contribution in [1.29, 1.82) is 0 Å². The molecule has 0 heterocycles. The Kier molecular flexibility index (Phi) is 5.18. The van der Waals surface area contributed by atoms with Gasteiger partial charge in [0.1, 0.15) is 0 Å². The Hall–Kier alpha value is -1.35. The van der Waals surface area contributed by atoms with E-state index in [2.05, 4.69) is 4.90 Å². The molecule has 0 aliphatic heterocycles. The van der Waals surface area contributed by atoms with E-state index in [4.69, 9.17) is 11.6 Å². The van der Waals surface area contributed by atoms with Crippen LogP contribution in [0.3, 0.4) is 0 Å². The molecule has 0 radical (unpaired) electrons. The van der Waals surface area contributed by atoms with E-state index in [1.807, 2.05) is 62.6 Å². The maximum atomic E-state index is 10.1. The van der Waals surface area contributed by atoms with Crippen molar-refractivity contribution in [2.45, 2.75) is 12.5 Å². The molecule has 0 fully saturated rings. The smallest absolute Gasteiger partial charge is 0.0802 e. The van der Waals surface area contributed by atoms with Gasteiger partial charge in [-0.1, -0.05) is 48.0 Å². The van der Waals surface area contributed by atoms with Crippen molar-refractivity contribution < 1.29 is 5.11 Å². The van der Waals surface area contributed by atoms with Crippen LogP contribution in [0.1, 0.15) is 18.1 Å². The molecule has 2 aromatic rings. The molecule has 1 N–H and O–H groups in total. The molecule has 1 unspecified atom stereocenters. The zero-order valence-electron chi connectivity index (χ0n) is 11.9. The Bertz CT molecular complexity index is 534. The molecular formula is C17H20ClNO. The number of benzene rings is 2. The van der Waals surface area contributed by atoms with Gasteiger partial charge in [-0.25, -0.2) is 0 Å². The van der Waals surface area contributed by atoms with E-state index < -0.39 is 6.10 Å². The van der Waals surface area contributed by atoms with E-state index in [9.17, 15) is 5.11 Å². The zero-order chi connectivity index (χ0) is 14.5. The summed E-state index contributed by atoms with van der Waals surface area (Å²) in [5, 5.41) is 10.9. The normalized spacial score (nSPS) is 12.7. The predicted molar refractivity (Wildman–Crippen MR) is 85.0 cm³/mol. The summed E-state index contributed by atoms with van der Waals surface area (Å²) in [5.41, 5.74) is 3.22. The molecule has 0 amide bonds. The summed E-state index contributed by atoms with van der Waals surface area (Å²) in [6.45, 7) is 0.875. The molecule has 2 rings (SSSR count). The van der Waals surface area contributed by atoms with Crippen molar-refractivity contribution in [1.82, 2.24) is 4.90 Å². The van der Waals surface area contributed by atoms with E-state index in [-0.39, 0.29) is 0 Å². The Labute approximate surface area is 125 Å². The van der Waals surface area contributed by atoms with Gasteiger partial charge in [0.05, 0.1) is 6.10 Å². The second-order valence-electron chi connectivity index (χ2n) is 5.24. The quantitative estimate of drug-likeness (QED) is 0.899. The molecule has 2 aromatic carbocycles. The monoisotopic (exact) mass is 289 g/mol. The third-order valence-corrected chi connectivity index (χ3v) is 3.57. The van der Waals surface area contributed by atoms with Crippen LogP contribution in [0.25, 0.3) is 11.1 Å². The number of halogens is 1. The van der Waals surface area contributed by atoms with Gasteiger partial charge in [-0.05, 0) is 49.3 Å². The van der Waals surface area contributed by atoms with Gasteiger partial charge in [0.2, 0.25) is 0 Å². The van der Waals surface area contributed by atoms with Gasteiger partial charge in [-0.15, -0.1) is 0 Å². The number of nitrogens with zero attached hydrogens (tertiary/aromatic N) is 1. The first-order valence-corrected chi connectivity index (χ1v) is 7.13. The average molecular weight is 290 g/mol. The van der Waals surface area contributed by atoms with Crippen LogP contribution in [-0.4, -0.2) is 30.6 Å². The fourth-order valence-electron chi connectivity index (χ4n) is 2.09. The first-order valence-electron chi connectivity index (χ1n) is 6.75. The van der Waals surface area contributed by atoms with Crippen LogP contribution >= 0.6 is 11.6 Å². The Morgan fingerprint density at radius 1 is 0.950 bits per heavy atom. The molecule has 1 atom stereocenters. The molecule has 0 aliphatic carbocycles. The molecule has 20 heavy (non-hydrogen) atoms. The summed E-state index contributed by atoms with van der Waals surface area (Å²) in [5.74, 6) is 0. The topological polar surface area (TPSA) is 23.5 Å². The van der Waals surface area contributed by atoms with Gasteiger partial charge >= 0.3 is 0 Å². The molecule has 0 saturated heterocycles. The molecule has 0 aromatic heterocycles. The van der Waals surface area contributed by atoms with E-state index in [1.165, 1.54) is 0 Å². The van der Waals surface area contributed by atoms with Crippen molar-refractivity contribution in [2.75, 3.05) is 20.6 Å². The van der Waals surface area contributed by atoms with E-state index in [0.717, 1.165) is 34.7 Å². The highest BCUT2D eigenvalue weighted by molar-refractivity contribution is 6.30. The average Bonchev–Trinajstić information content (AvgIpc) is 2.46. The SMILES string of the molecule is CN(C)CCC(O)c1ccc(-c2ccc(Cl)cc2)cc1. The van der Waals surface area contributed by atoms with E-state index in [0.29, 0.717) is 0 Å². The van der Waals surface area contributed by atoms with Gasteiger partial charge in [-0.3, -0.25) is 0 Å². The highest BCUT2D eigenvalue weighted by Gasteiger charge is 2.08. The third kappa shape index (κ3) is 4.07. The molecule has 3 heteroatoms. The molecule has 0 saturated carbocycles. The fraction of sp³-hybridized carbons (Fsp3) is 0.294. The fourth-order valence-corrected chi connectivity index (χ4v) is 2.21. The largest absolute Gasteiger partial charge is 0.388 e. The highest BCUT2D eigenvalue weighted by atomic mass is 35.5. The minimum Gasteiger partial charge on any atom is -0.388 e. The van der Waals surface area contributed by atoms with Crippen LogP contribution in [0.2, 0.25) is 5.02 Å². The first-order chi connectivity index (χ1) is 9.56. The minimum absolute atomic E-state index is 0.406. The summed E-state index contributed by atoms with van der Waals surface area (Å²) in [6.07, 6.45) is 0.337. The lowest BCUT2D eigenvalue weighted by Gasteiger charge is -2.15. The van der Waals surface area contributed by atoms with Crippen molar-refractivity contribution in [3.63, 3.8) is 0 Å². The maximum Gasteiger partial charge on any atom is 0.0802 e.